The Morgan fingerprint density at radius 1 is 1.21 bits per heavy atom. The molecule has 0 bridgehead atoms. The summed E-state index contributed by atoms with van der Waals surface area (Å²) in [5, 5.41) is 13.1. The fraction of sp³-hybridized carbons (Fsp3) is 0.321. The Morgan fingerprint density at radius 3 is 2.76 bits per heavy atom. The molecule has 0 amide bonds. The number of carboxylic acids is 1. The van der Waals surface area contributed by atoms with E-state index >= 15 is 0 Å². The molecule has 34 heavy (non-hydrogen) atoms. The minimum Gasteiger partial charge on any atom is -0.494 e. The number of benzene rings is 3. The number of nitrogens with one attached hydrogen (secondary N) is 1. The van der Waals surface area contributed by atoms with Gasteiger partial charge in [0.05, 0.1) is 12.7 Å². The van der Waals surface area contributed by atoms with Crippen molar-refractivity contribution >= 4 is 5.97 Å². The van der Waals surface area contributed by atoms with E-state index in [0.717, 1.165) is 40.8 Å². The van der Waals surface area contributed by atoms with E-state index in [-0.39, 0.29) is 29.6 Å². The van der Waals surface area contributed by atoms with Crippen LogP contribution in [0, 0.1) is 12.7 Å². The van der Waals surface area contributed by atoms with Gasteiger partial charge in [-0.3, -0.25) is 0 Å². The third kappa shape index (κ3) is 5.07. The second-order valence-electron chi connectivity index (χ2n) is 8.80. The number of ether oxygens (including phenoxy) is 2. The van der Waals surface area contributed by atoms with Crippen LogP contribution in [0.5, 0.6) is 11.5 Å². The van der Waals surface area contributed by atoms with Gasteiger partial charge in [-0.25, -0.2) is 9.18 Å². The van der Waals surface area contributed by atoms with Gasteiger partial charge in [0.1, 0.15) is 11.9 Å². The van der Waals surface area contributed by atoms with Crippen LogP contribution in [0.15, 0.2) is 60.7 Å². The smallest absolute Gasteiger partial charge is 0.335 e. The Balaban J connectivity index is 1.47. The third-order valence-corrected chi connectivity index (χ3v) is 6.57. The van der Waals surface area contributed by atoms with Crippen LogP contribution in [0.1, 0.15) is 64.3 Å². The van der Waals surface area contributed by atoms with Gasteiger partial charge >= 0.3 is 5.97 Å². The maximum Gasteiger partial charge on any atom is 0.335 e. The van der Waals surface area contributed by atoms with E-state index < -0.39 is 5.97 Å². The number of carbonyl (C=O) groups is 1. The highest BCUT2D eigenvalue weighted by Crippen LogP contribution is 2.41. The van der Waals surface area contributed by atoms with Gasteiger partial charge in [0.2, 0.25) is 0 Å². The van der Waals surface area contributed by atoms with Crippen molar-refractivity contribution in [1.82, 2.24) is 5.32 Å². The molecule has 1 heterocycles. The van der Waals surface area contributed by atoms with Crippen molar-refractivity contribution < 1.29 is 23.8 Å². The summed E-state index contributed by atoms with van der Waals surface area (Å²) in [4.78, 5) is 11.7. The summed E-state index contributed by atoms with van der Waals surface area (Å²) in [6.07, 6.45) is 1.53. The van der Waals surface area contributed by atoms with Gasteiger partial charge in [-0.2, -0.15) is 0 Å². The van der Waals surface area contributed by atoms with Gasteiger partial charge in [0.15, 0.2) is 11.6 Å². The summed E-state index contributed by atoms with van der Waals surface area (Å²) in [5.41, 5.74) is 4.11. The first-order valence-corrected chi connectivity index (χ1v) is 11.5. The molecule has 3 unspecified atom stereocenters. The van der Waals surface area contributed by atoms with Gasteiger partial charge in [-0.1, -0.05) is 36.4 Å². The van der Waals surface area contributed by atoms with E-state index in [1.165, 1.54) is 13.2 Å². The molecule has 0 fully saturated rings. The van der Waals surface area contributed by atoms with E-state index in [1.807, 2.05) is 44.2 Å². The van der Waals surface area contributed by atoms with Crippen LogP contribution >= 0.6 is 0 Å². The van der Waals surface area contributed by atoms with Gasteiger partial charge < -0.3 is 19.9 Å². The van der Waals surface area contributed by atoms with Crippen molar-refractivity contribution in [3.05, 3.63) is 94.3 Å². The molecule has 3 aromatic rings. The van der Waals surface area contributed by atoms with Crippen LogP contribution in [0.4, 0.5) is 4.39 Å². The normalized spacial score (nSPS) is 18.0. The average Bonchev–Trinajstić information content (AvgIpc) is 2.84. The molecule has 0 radical (unpaired) electrons. The van der Waals surface area contributed by atoms with Crippen LogP contribution in [0.2, 0.25) is 0 Å². The molecule has 2 N–H and O–H groups in total. The van der Waals surface area contributed by atoms with E-state index in [1.54, 1.807) is 18.2 Å². The number of hydrogen-bond acceptors (Lipinski definition) is 4. The first-order chi connectivity index (χ1) is 16.4. The molecule has 0 spiro atoms. The van der Waals surface area contributed by atoms with Crippen LogP contribution in [0.3, 0.4) is 0 Å². The predicted molar refractivity (Wildman–Crippen MR) is 129 cm³/mol. The monoisotopic (exact) mass is 463 g/mol. The summed E-state index contributed by atoms with van der Waals surface area (Å²) in [5.74, 6) is -0.141. The highest BCUT2D eigenvalue weighted by molar-refractivity contribution is 5.89. The standard InChI is InChI=1S/C28H30FNO4/c1-17-8-9-20(14-23(17)28(31)32)24-16-21(34-26-7-5-4-6-22(24)26)12-13-30-18(2)19-10-11-25(29)27(15-19)33-3/h4-11,14-15,18,21,24,30H,12-13,16H2,1-3H3,(H,31,32). The SMILES string of the molecule is COc1cc(C(C)NCCC2CC(c3ccc(C)c(C(=O)O)c3)c3ccccc3O2)ccc1F. The van der Waals surface area contributed by atoms with Crippen molar-refractivity contribution in [3.63, 3.8) is 0 Å². The Kier molecular flexibility index (Phi) is 7.17. The van der Waals surface area contributed by atoms with Crippen LogP contribution in [0.25, 0.3) is 0 Å². The van der Waals surface area contributed by atoms with Crippen molar-refractivity contribution in [3.8, 4) is 11.5 Å². The maximum absolute atomic E-state index is 13.7. The van der Waals surface area contributed by atoms with Crippen LogP contribution < -0.4 is 14.8 Å². The molecule has 1 aliphatic heterocycles. The van der Waals surface area contributed by atoms with E-state index in [4.69, 9.17) is 9.47 Å². The minimum atomic E-state index is -0.910. The zero-order chi connectivity index (χ0) is 24.2. The predicted octanol–water partition coefficient (Wildman–Crippen LogP) is 5.86. The molecular formula is C28H30FNO4. The van der Waals surface area contributed by atoms with E-state index in [0.29, 0.717) is 12.1 Å². The molecular weight excluding hydrogens is 433 g/mol. The number of hydrogen-bond donors (Lipinski definition) is 2. The number of fused-ring (bicyclic) bond motifs is 1. The summed E-state index contributed by atoms with van der Waals surface area (Å²) in [7, 11) is 1.46. The minimum absolute atomic E-state index is 0.0167. The highest BCUT2D eigenvalue weighted by Gasteiger charge is 2.29. The zero-order valence-electron chi connectivity index (χ0n) is 19.7. The lowest BCUT2D eigenvalue weighted by Crippen LogP contribution is -2.31. The summed E-state index contributed by atoms with van der Waals surface area (Å²) in [6.45, 7) is 4.57. The van der Waals surface area contributed by atoms with Gasteiger partial charge in [-0.05, 0) is 74.2 Å². The largest absolute Gasteiger partial charge is 0.494 e. The first-order valence-electron chi connectivity index (χ1n) is 11.5. The Labute approximate surface area is 199 Å². The Morgan fingerprint density at radius 2 is 2.00 bits per heavy atom. The second-order valence-corrected chi connectivity index (χ2v) is 8.80. The van der Waals surface area contributed by atoms with E-state index in [2.05, 4.69) is 11.4 Å². The fourth-order valence-electron chi connectivity index (χ4n) is 4.60. The molecule has 0 aromatic heterocycles. The van der Waals surface area contributed by atoms with Crippen LogP contribution in [-0.2, 0) is 0 Å². The molecule has 1 aliphatic rings. The second kappa shape index (κ2) is 10.3. The molecule has 3 aromatic carbocycles. The summed E-state index contributed by atoms with van der Waals surface area (Å²) < 4.78 is 25.1. The zero-order valence-corrected chi connectivity index (χ0v) is 19.7. The summed E-state index contributed by atoms with van der Waals surface area (Å²) >= 11 is 0. The third-order valence-electron chi connectivity index (χ3n) is 6.57. The number of aryl methyl sites for hydroxylation is 1. The molecule has 0 aliphatic carbocycles. The van der Waals surface area contributed by atoms with Crippen molar-refractivity contribution in [2.45, 2.75) is 44.8 Å². The average molecular weight is 464 g/mol. The van der Waals surface area contributed by atoms with Gasteiger partial charge in [0.25, 0.3) is 0 Å². The number of carboxylic acid groups (broad SMARTS) is 1. The molecule has 178 valence electrons. The van der Waals surface area contributed by atoms with Crippen molar-refractivity contribution in [2.24, 2.45) is 0 Å². The lowest BCUT2D eigenvalue weighted by atomic mass is 9.82. The number of halogens is 1. The van der Waals surface area contributed by atoms with Crippen molar-refractivity contribution in [2.75, 3.05) is 13.7 Å². The van der Waals surface area contributed by atoms with E-state index in [9.17, 15) is 14.3 Å². The van der Waals surface area contributed by atoms with Gasteiger partial charge in [0, 0.05) is 17.5 Å². The lowest BCUT2D eigenvalue weighted by molar-refractivity contribution is 0.0696. The first kappa shape index (κ1) is 23.8. The fourth-order valence-corrected chi connectivity index (χ4v) is 4.60. The van der Waals surface area contributed by atoms with Crippen molar-refractivity contribution in [1.29, 1.82) is 0 Å². The number of rotatable bonds is 8. The lowest BCUT2D eigenvalue weighted by Gasteiger charge is -2.33. The quantitative estimate of drug-likeness (QED) is 0.438. The molecule has 0 saturated carbocycles. The Bertz CT molecular complexity index is 1180. The van der Waals surface area contributed by atoms with Crippen LogP contribution in [-0.4, -0.2) is 30.8 Å². The molecule has 4 rings (SSSR count). The number of aromatic carboxylic acids is 1. The molecule has 3 atom stereocenters. The highest BCUT2D eigenvalue weighted by atomic mass is 19.1. The number of methoxy groups -OCH3 is 1. The molecule has 0 saturated heterocycles. The molecule has 6 heteroatoms. The maximum atomic E-state index is 13.7. The summed E-state index contributed by atoms with van der Waals surface area (Å²) in [6, 6.07) is 18.6. The van der Waals surface area contributed by atoms with Gasteiger partial charge in [-0.15, -0.1) is 0 Å². The number of para-hydroxylation sites is 1. The Hall–Kier alpha value is -3.38. The topological polar surface area (TPSA) is 67.8 Å². The molecule has 5 nitrogen and oxygen atoms in total.